The van der Waals surface area contributed by atoms with Gasteiger partial charge in [-0.2, -0.15) is 13.2 Å². The molecule has 5 nitrogen and oxygen atoms in total. The number of rotatable bonds is 6. The highest BCUT2D eigenvalue weighted by molar-refractivity contribution is 5.89. The molecule has 0 atom stereocenters. The van der Waals surface area contributed by atoms with Crippen molar-refractivity contribution in [3.63, 3.8) is 0 Å². The summed E-state index contributed by atoms with van der Waals surface area (Å²) in [5.74, 6) is 2.14. The summed E-state index contributed by atoms with van der Waals surface area (Å²) in [7, 11) is 3.80. The summed E-state index contributed by atoms with van der Waals surface area (Å²) in [5.41, 5.74) is 0.667. The van der Waals surface area contributed by atoms with Gasteiger partial charge in [0, 0.05) is 37.8 Å². The van der Waals surface area contributed by atoms with E-state index in [9.17, 15) is 13.2 Å². The molecule has 0 N–H and O–H groups in total. The molecule has 0 unspecified atom stereocenters. The van der Waals surface area contributed by atoms with Crippen LogP contribution in [0.5, 0.6) is 5.75 Å². The minimum absolute atomic E-state index is 0.324. The zero-order valence-corrected chi connectivity index (χ0v) is 18.3. The van der Waals surface area contributed by atoms with E-state index in [2.05, 4.69) is 38.9 Å². The van der Waals surface area contributed by atoms with Gasteiger partial charge in [-0.05, 0) is 61.7 Å². The first-order valence-electron chi connectivity index (χ1n) is 10.7. The zero-order chi connectivity index (χ0) is 22.7. The van der Waals surface area contributed by atoms with Crippen LogP contribution in [0.2, 0.25) is 0 Å². The second kappa shape index (κ2) is 9.32. The normalized spacial score (nSPS) is 15.5. The van der Waals surface area contributed by atoms with Gasteiger partial charge in [-0.15, -0.1) is 0 Å². The molecule has 3 heterocycles. The van der Waals surface area contributed by atoms with Crippen molar-refractivity contribution in [3.8, 4) is 5.75 Å². The topological polar surface area (TPSA) is 41.5 Å². The largest absolute Gasteiger partial charge is 0.497 e. The Hall–Kier alpha value is -2.87. The lowest BCUT2D eigenvalue weighted by atomic mass is 9.96. The lowest BCUT2D eigenvalue weighted by molar-refractivity contribution is -0.140. The maximum atomic E-state index is 13.0. The van der Waals surface area contributed by atoms with Crippen LogP contribution < -0.4 is 9.64 Å². The van der Waals surface area contributed by atoms with Crippen LogP contribution in [-0.4, -0.2) is 48.7 Å². The van der Waals surface area contributed by atoms with Gasteiger partial charge >= 0.3 is 6.18 Å². The zero-order valence-electron chi connectivity index (χ0n) is 18.3. The molecule has 0 bridgehead atoms. The number of anilines is 1. The first-order chi connectivity index (χ1) is 15.3. The van der Waals surface area contributed by atoms with Crippen molar-refractivity contribution < 1.29 is 17.9 Å². The van der Waals surface area contributed by atoms with Crippen molar-refractivity contribution in [3.05, 3.63) is 59.9 Å². The second-order valence-electron chi connectivity index (χ2n) is 8.37. The van der Waals surface area contributed by atoms with Gasteiger partial charge in [0.05, 0.1) is 12.6 Å². The number of pyridine rings is 2. The number of halogens is 3. The fourth-order valence-electron chi connectivity index (χ4n) is 4.36. The molecule has 0 aliphatic carbocycles. The van der Waals surface area contributed by atoms with Crippen LogP contribution in [-0.2, 0) is 12.7 Å². The van der Waals surface area contributed by atoms with E-state index in [0.29, 0.717) is 22.6 Å². The summed E-state index contributed by atoms with van der Waals surface area (Å²) in [4.78, 5) is 12.8. The lowest BCUT2D eigenvalue weighted by Gasteiger charge is -2.35. The molecule has 1 aliphatic rings. The third-order valence-electron chi connectivity index (χ3n) is 5.96. The van der Waals surface area contributed by atoms with E-state index in [4.69, 9.17) is 4.74 Å². The minimum Gasteiger partial charge on any atom is -0.497 e. The Bertz CT molecular complexity index is 1060. The summed E-state index contributed by atoms with van der Waals surface area (Å²) in [6.07, 6.45) is -0.894. The Morgan fingerprint density at radius 1 is 1.12 bits per heavy atom. The Morgan fingerprint density at radius 2 is 1.91 bits per heavy atom. The summed E-state index contributed by atoms with van der Waals surface area (Å²) in [6, 6.07) is 12.2. The van der Waals surface area contributed by atoms with E-state index in [0.717, 1.165) is 50.8 Å². The Kier molecular flexibility index (Phi) is 6.50. The van der Waals surface area contributed by atoms with Crippen molar-refractivity contribution in [1.29, 1.82) is 0 Å². The number of nitrogens with zero attached hydrogens (tertiary/aromatic N) is 4. The standard InChI is InChI=1S/C24H27F3N4O/c1-30(16-18-4-3-5-19(14-18)32-2)15-17-9-12-31(13-10-17)23-20-6-7-22(24(25,26)27)29-21(20)8-11-28-23/h3-8,11,14,17H,9-10,12-13,15-16H2,1-2H3. The number of aromatic nitrogens is 2. The van der Waals surface area contributed by atoms with Gasteiger partial charge in [-0.3, -0.25) is 0 Å². The third-order valence-corrected chi connectivity index (χ3v) is 5.96. The maximum Gasteiger partial charge on any atom is 0.433 e. The van der Waals surface area contributed by atoms with E-state index in [1.807, 2.05) is 12.1 Å². The molecule has 4 rings (SSSR count). The number of ether oxygens (including phenoxy) is 1. The van der Waals surface area contributed by atoms with Gasteiger partial charge in [0.25, 0.3) is 0 Å². The fourth-order valence-corrected chi connectivity index (χ4v) is 4.36. The van der Waals surface area contributed by atoms with Crippen molar-refractivity contribution in [2.45, 2.75) is 25.6 Å². The maximum absolute atomic E-state index is 13.0. The van der Waals surface area contributed by atoms with Crippen LogP contribution in [0.25, 0.3) is 10.9 Å². The average Bonchev–Trinajstić information content (AvgIpc) is 2.78. The molecule has 0 saturated carbocycles. The molecule has 1 aliphatic heterocycles. The minimum atomic E-state index is -4.45. The first-order valence-corrected chi connectivity index (χ1v) is 10.7. The predicted molar refractivity (Wildman–Crippen MR) is 119 cm³/mol. The quantitative estimate of drug-likeness (QED) is 0.535. The number of hydrogen-bond acceptors (Lipinski definition) is 5. The van der Waals surface area contributed by atoms with E-state index in [1.165, 1.54) is 17.7 Å². The van der Waals surface area contributed by atoms with Crippen LogP contribution in [0, 0.1) is 5.92 Å². The summed E-state index contributed by atoms with van der Waals surface area (Å²) >= 11 is 0. The highest BCUT2D eigenvalue weighted by Crippen LogP contribution is 2.32. The molecule has 0 spiro atoms. The molecule has 0 radical (unpaired) electrons. The lowest BCUT2D eigenvalue weighted by Crippen LogP contribution is -2.38. The summed E-state index contributed by atoms with van der Waals surface area (Å²) in [6.45, 7) is 3.50. The summed E-state index contributed by atoms with van der Waals surface area (Å²) < 4.78 is 44.3. The molecule has 2 aromatic heterocycles. The van der Waals surface area contributed by atoms with Gasteiger partial charge in [0.1, 0.15) is 17.3 Å². The highest BCUT2D eigenvalue weighted by atomic mass is 19.4. The summed E-state index contributed by atoms with van der Waals surface area (Å²) in [5, 5.41) is 0.661. The van der Waals surface area contributed by atoms with E-state index in [-0.39, 0.29) is 0 Å². The monoisotopic (exact) mass is 444 g/mol. The van der Waals surface area contributed by atoms with Gasteiger partial charge in [0.15, 0.2) is 0 Å². The molecular weight excluding hydrogens is 417 g/mol. The van der Waals surface area contributed by atoms with Crippen molar-refractivity contribution >= 4 is 16.7 Å². The van der Waals surface area contributed by atoms with Gasteiger partial charge < -0.3 is 14.5 Å². The molecule has 3 aromatic rings. The van der Waals surface area contributed by atoms with E-state index >= 15 is 0 Å². The first kappa shape index (κ1) is 22.3. The van der Waals surface area contributed by atoms with Crippen LogP contribution in [0.4, 0.5) is 19.0 Å². The van der Waals surface area contributed by atoms with Gasteiger partial charge in [-0.25, -0.2) is 9.97 Å². The number of methoxy groups -OCH3 is 1. The van der Waals surface area contributed by atoms with Crippen LogP contribution in [0.1, 0.15) is 24.1 Å². The van der Waals surface area contributed by atoms with E-state index < -0.39 is 11.9 Å². The van der Waals surface area contributed by atoms with Crippen molar-refractivity contribution in [1.82, 2.24) is 14.9 Å². The van der Waals surface area contributed by atoms with Crippen molar-refractivity contribution in [2.24, 2.45) is 5.92 Å². The Labute approximate surface area is 185 Å². The van der Waals surface area contributed by atoms with Crippen LogP contribution >= 0.6 is 0 Å². The highest BCUT2D eigenvalue weighted by Gasteiger charge is 2.33. The molecule has 1 aromatic carbocycles. The number of hydrogen-bond donors (Lipinski definition) is 0. The Morgan fingerprint density at radius 3 is 2.62 bits per heavy atom. The van der Waals surface area contributed by atoms with Crippen molar-refractivity contribution in [2.75, 3.05) is 38.7 Å². The number of piperidine rings is 1. The van der Waals surface area contributed by atoms with E-state index in [1.54, 1.807) is 13.3 Å². The molecule has 8 heteroatoms. The smallest absolute Gasteiger partial charge is 0.433 e. The molecule has 170 valence electrons. The molecule has 32 heavy (non-hydrogen) atoms. The fraction of sp³-hybridized carbons (Fsp3) is 0.417. The number of benzene rings is 1. The molecule has 0 amide bonds. The van der Waals surface area contributed by atoms with Crippen LogP contribution in [0.15, 0.2) is 48.7 Å². The average molecular weight is 445 g/mol. The van der Waals surface area contributed by atoms with Gasteiger partial charge in [0.2, 0.25) is 0 Å². The number of alkyl halides is 3. The Balaban J connectivity index is 1.37. The second-order valence-corrected chi connectivity index (χ2v) is 8.37. The molecule has 1 fully saturated rings. The van der Waals surface area contributed by atoms with Crippen LogP contribution in [0.3, 0.4) is 0 Å². The molecule has 1 saturated heterocycles. The van der Waals surface area contributed by atoms with Gasteiger partial charge in [-0.1, -0.05) is 12.1 Å². The number of fused-ring (bicyclic) bond motifs is 1. The third kappa shape index (κ3) is 5.12. The SMILES string of the molecule is COc1cccc(CN(C)CC2CCN(c3nccc4nc(C(F)(F)F)ccc34)CC2)c1. The molecular formula is C24H27F3N4O. The predicted octanol–water partition coefficient (Wildman–Crippen LogP) is 5.01.